The molecule has 0 amide bonds. The Morgan fingerprint density at radius 2 is 1.62 bits per heavy atom. The maximum Gasteiger partial charge on any atom is 0.323 e. The van der Waals surface area contributed by atoms with Crippen molar-refractivity contribution < 1.29 is 33.8 Å². The number of benzene rings is 2. The normalized spacial score (nSPS) is 17.7. The number of cyclic esters (lactones) is 2. The topological polar surface area (TPSA) is 171 Å². The minimum atomic E-state index is -0.913. The predicted octanol–water partition coefficient (Wildman–Crippen LogP) is 2.58. The van der Waals surface area contributed by atoms with E-state index in [0.717, 1.165) is 30.6 Å². The average molecular weight is 629 g/mol. The zero-order chi connectivity index (χ0) is 28.2. The molecule has 10 nitrogen and oxygen atoms in total. The van der Waals surface area contributed by atoms with Gasteiger partial charge in [-0.15, -0.1) is 17.0 Å². The highest BCUT2D eigenvalue weighted by atomic mass is 79.9. The first-order valence-corrected chi connectivity index (χ1v) is 13.5. The van der Waals surface area contributed by atoms with Crippen LogP contribution in [-0.2, 0) is 30.4 Å². The number of carbonyl (C=O) groups is 4. The summed E-state index contributed by atoms with van der Waals surface area (Å²) in [4.78, 5) is 41.4. The fourth-order valence-corrected chi connectivity index (χ4v) is 3.42. The number of hydrogen-bond acceptors (Lipinski definition) is 10. The summed E-state index contributed by atoms with van der Waals surface area (Å²) in [5.41, 5.74) is 12.3. The molecule has 12 heteroatoms. The van der Waals surface area contributed by atoms with Gasteiger partial charge in [-0.05, 0) is 24.0 Å². The number of carboxylic acid groups (broad SMARTS) is 1. The number of thioether (sulfide) groups is 1. The molecular formula is C27H38BrN3O7S. The number of carboxylic acids is 1. The van der Waals surface area contributed by atoms with Crippen LogP contribution in [0.25, 0.3) is 0 Å². The lowest BCUT2D eigenvalue weighted by Gasteiger charge is -2.07. The maximum atomic E-state index is 11.1. The van der Waals surface area contributed by atoms with Gasteiger partial charge in [-0.1, -0.05) is 60.7 Å². The van der Waals surface area contributed by atoms with E-state index in [4.69, 9.17) is 21.3 Å². The third kappa shape index (κ3) is 16.7. The van der Waals surface area contributed by atoms with Crippen LogP contribution in [0.5, 0.6) is 0 Å². The van der Waals surface area contributed by atoms with Crippen LogP contribution in [0.4, 0.5) is 0 Å². The van der Waals surface area contributed by atoms with Gasteiger partial charge in [-0.2, -0.15) is 11.8 Å². The van der Waals surface area contributed by atoms with Crippen molar-refractivity contribution in [2.45, 2.75) is 43.9 Å². The average Bonchev–Trinajstić information content (AvgIpc) is 3.54. The summed E-state index contributed by atoms with van der Waals surface area (Å²) in [6, 6.07) is 18.0. The molecule has 2 saturated heterocycles. The highest BCUT2D eigenvalue weighted by Crippen LogP contribution is 2.07. The number of esters is 2. The van der Waals surface area contributed by atoms with Crippen LogP contribution in [0, 0.1) is 0 Å². The second-order valence-corrected chi connectivity index (χ2v) is 9.18. The SMILES string of the molecule is Br.CSCC[C@H](N)C(=O)O.N[C@H]1CCOC1=O.O=C1OCC[C@@H]1NCc1ccccc1.O=Cc1ccccc1. The molecule has 0 aliphatic carbocycles. The molecule has 0 radical (unpaired) electrons. The summed E-state index contributed by atoms with van der Waals surface area (Å²) in [6.07, 6.45) is 4.77. The van der Waals surface area contributed by atoms with E-state index in [1.807, 2.05) is 54.8 Å². The first-order chi connectivity index (χ1) is 18.3. The summed E-state index contributed by atoms with van der Waals surface area (Å²) in [5, 5.41) is 11.4. The molecule has 2 heterocycles. The lowest BCUT2D eigenvalue weighted by atomic mass is 10.2. The Labute approximate surface area is 244 Å². The van der Waals surface area contributed by atoms with Gasteiger partial charge in [-0.25, -0.2) is 0 Å². The molecule has 39 heavy (non-hydrogen) atoms. The van der Waals surface area contributed by atoms with Crippen molar-refractivity contribution in [1.29, 1.82) is 0 Å². The number of halogens is 1. The molecule has 0 bridgehead atoms. The largest absolute Gasteiger partial charge is 0.480 e. The smallest absolute Gasteiger partial charge is 0.323 e. The van der Waals surface area contributed by atoms with Crippen molar-refractivity contribution in [3.63, 3.8) is 0 Å². The van der Waals surface area contributed by atoms with Crippen molar-refractivity contribution in [2.24, 2.45) is 11.5 Å². The summed E-state index contributed by atoms with van der Waals surface area (Å²) in [5.74, 6) is -0.488. The Hall–Kier alpha value is -2.77. The van der Waals surface area contributed by atoms with E-state index < -0.39 is 12.0 Å². The zero-order valence-electron chi connectivity index (χ0n) is 21.9. The molecular weight excluding hydrogens is 590 g/mol. The van der Waals surface area contributed by atoms with E-state index in [1.54, 1.807) is 23.9 Å². The van der Waals surface area contributed by atoms with Crippen LogP contribution in [-0.4, -0.2) is 72.6 Å². The fraction of sp³-hybridized carbons (Fsp3) is 0.407. The Morgan fingerprint density at radius 1 is 1.05 bits per heavy atom. The van der Waals surface area contributed by atoms with Crippen LogP contribution in [0.15, 0.2) is 60.7 Å². The molecule has 4 rings (SSSR count). The van der Waals surface area contributed by atoms with Gasteiger partial charge < -0.3 is 31.4 Å². The van der Waals surface area contributed by atoms with Gasteiger partial charge in [0.2, 0.25) is 0 Å². The Bertz CT molecular complexity index is 970. The minimum Gasteiger partial charge on any atom is -0.480 e. The maximum absolute atomic E-state index is 11.1. The lowest BCUT2D eigenvalue weighted by Crippen LogP contribution is -2.32. The number of aldehydes is 1. The lowest BCUT2D eigenvalue weighted by molar-refractivity contribution is -0.140. The van der Waals surface area contributed by atoms with E-state index in [1.165, 1.54) is 5.56 Å². The van der Waals surface area contributed by atoms with E-state index >= 15 is 0 Å². The molecule has 2 aromatic rings. The van der Waals surface area contributed by atoms with Crippen LogP contribution in [0.2, 0.25) is 0 Å². The quantitative estimate of drug-likeness (QED) is 0.250. The molecule has 0 unspecified atom stereocenters. The number of rotatable bonds is 8. The second-order valence-electron chi connectivity index (χ2n) is 8.19. The highest BCUT2D eigenvalue weighted by Gasteiger charge is 2.25. The summed E-state index contributed by atoms with van der Waals surface area (Å²) in [7, 11) is 0. The van der Waals surface area contributed by atoms with Crippen molar-refractivity contribution >= 4 is 52.9 Å². The first kappa shape index (κ1) is 36.2. The number of nitrogens with two attached hydrogens (primary N) is 2. The number of aliphatic carboxylic acids is 1. The van der Waals surface area contributed by atoms with Crippen LogP contribution < -0.4 is 16.8 Å². The highest BCUT2D eigenvalue weighted by molar-refractivity contribution is 8.93. The molecule has 2 aliphatic heterocycles. The summed E-state index contributed by atoms with van der Waals surface area (Å²) < 4.78 is 9.35. The number of carbonyl (C=O) groups excluding carboxylic acids is 3. The molecule has 0 spiro atoms. The van der Waals surface area contributed by atoms with E-state index in [9.17, 15) is 19.2 Å². The number of hydrogen-bond donors (Lipinski definition) is 4. The second kappa shape index (κ2) is 22.1. The zero-order valence-corrected chi connectivity index (χ0v) is 24.4. The molecule has 6 N–H and O–H groups in total. The Kier molecular flexibility index (Phi) is 20.5. The third-order valence-electron chi connectivity index (χ3n) is 5.19. The van der Waals surface area contributed by atoms with Gasteiger partial charge >= 0.3 is 17.9 Å². The molecule has 0 saturated carbocycles. The van der Waals surface area contributed by atoms with Gasteiger partial charge in [0.15, 0.2) is 0 Å². The molecule has 0 aromatic heterocycles. The first-order valence-electron chi connectivity index (χ1n) is 12.1. The van der Waals surface area contributed by atoms with Crippen LogP contribution in [0.1, 0.15) is 35.2 Å². The predicted molar refractivity (Wildman–Crippen MR) is 157 cm³/mol. The molecule has 2 fully saturated rings. The van der Waals surface area contributed by atoms with E-state index in [2.05, 4.69) is 10.1 Å². The molecule has 2 aromatic carbocycles. The monoisotopic (exact) mass is 627 g/mol. The third-order valence-corrected chi connectivity index (χ3v) is 5.84. The van der Waals surface area contributed by atoms with Crippen molar-refractivity contribution in [3.8, 4) is 0 Å². The fourth-order valence-electron chi connectivity index (χ4n) is 2.93. The van der Waals surface area contributed by atoms with Crippen molar-refractivity contribution in [2.75, 3.05) is 25.2 Å². The van der Waals surface area contributed by atoms with Gasteiger partial charge in [0.25, 0.3) is 0 Å². The summed E-state index contributed by atoms with van der Waals surface area (Å²) in [6.45, 7) is 1.77. The Balaban J connectivity index is 0.000000511. The molecule has 216 valence electrons. The van der Waals surface area contributed by atoms with Gasteiger partial charge in [-0.3, -0.25) is 19.2 Å². The van der Waals surface area contributed by atoms with Crippen molar-refractivity contribution in [1.82, 2.24) is 5.32 Å². The number of nitrogens with one attached hydrogen (secondary N) is 1. The van der Waals surface area contributed by atoms with Gasteiger partial charge in [0.05, 0.1) is 13.2 Å². The summed E-state index contributed by atoms with van der Waals surface area (Å²) >= 11 is 1.60. The van der Waals surface area contributed by atoms with Gasteiger partial charge in [0, 0.05) is 24.9 Å². The number of ether oxygens (including phenoxy) is 2. The Morgan fingerprint density at radius 3 is 2.00 bits per heavy atom. The van der Waals surface area contributed by atoms with E-state index in [0.29, 0.717) is 26.1 Å². The van der Waals surface area contributed by atoms with Crippen LogP contribution >= 0.6 is 28.7 Å². The van der Waals surface area contributed by atoms with Crippen molar-refractivity contribution in [3.05, 3.63) is 71.8 Å². The standard InChI is InChI=1S/C11H13NO2.C7H6O.C5H11NO2S.C4H7NO2.BrH/c13-11-10(6-7-14-11)12-8-9-4-2-1-3-5-9;8-6-7-4-2-1-3-5-7;1-9-3-2-4(6)5(7)8;5-3-1-2-7-4(3)6;/h1-5,10,12H,6-8H2;1-6H;4H,2-3,6H2,1H3,(H,7,8);3H,1-2,5H2;1H/t10-;;4-;3-;/m0.00./s1. The van der Waals surface area contributed by atoms with Crippen LogP contribution in [0.3, 0.4) is 0 Å². The molecule has 3 atom stereocenters. The van der Waals surface area contributed by atoms with Gasteiger partial charge in [0.1, 0.15) is 24.4 Å². The van der Waals surface area contributed by atoms with E-state index in [-0.39, 0.29) is 41.0 Å². The minimum absolute atomic E-state index is 0. The molecule has 2 aliphatic rings.